The van der Waals surface area contributed by atoms with Gasteiger partial charge in [0.25, 0.3) is 11.1 Å². The van der Waals surface area contributed by atoms with Gasteiger partial charge in [0.2, 0.25) is 0 Å². The molecule has 0 aliphatic rings. The molecule has 0 fully saturated rings. The van der Waals surface area contributed by atoms with Crippen molar-refractivity contribution < 1.29 is 4.74 Å². The van der Waals surface area contributed by atoms with Gasteiger partial charge in [-0.25, -0.2) is 0 Å². The summed E-state index contributed by atoms with van der Waals surface area (Å²) in [5.74, 6) is 0.765. The van der Waals surface area contributed by atoms with E-state index in [0.717, 1.165) is 48.3 Å². The Morgan fingerprint density at radius 3 is 2.30 bits per heavy atom. The molecular weight excluding hydrogens is 547 g/mol. The third kappa shape index (κ3) is 7.82. The zero-order valence-electron chi connectivity index (χ0n) is 22.0. The van der Waals surface area contributed by atoms with Gasteiger partial charge in [-0.05, 0) is 72.0 Å². The minimum absolute atomic E-state index is 0. The molecule has 0 saturated heterocycles. The zero-order chi connectivity index (χ0) is 26.2. The lowest BCUT2D eigenvalue weighted by molar-refractivity contribution is 0.221. The fourth-order valence-electron chi connectivity index (χ4n) is 4.49. The molecule has 2 aromatic carbocycles. The van der Waals surface area contributed by atoms with E-state index in [1.54, 1.807) is 39.9 Å². The summed E-state index contributed by atoms with van der Waals surface area (Å²) < 4.78 is 9.37. The second-order valence-electron chi connectivity index (χ2n) is 9.14. The minimum Gasteiger partial charge on any atom is -0.494 e. The van der Waals surface area contributed by atoms with Gasteiger partial charge in [-0.1, -0.05) is 24.3 Å². The molecule has 5 aromatic rings. The van der Waals surface area contributed by atoms with E-state index in [4.69, 9.17) is 4.74 Å². The monoisotopic (exact) mass is 578 g/mol. The summed E-state index contributed by atoms with van der Waals surface area (Å²) >= 11 is 0. The maximum atomic E-state index is 12.9. The highest BCUT2D eigenvalue weighted by atomic mass is 35.5. The van der Waals surface area contributed by atoms with E-state index in [-0.39, 0.29) is 35.9 Å². The Morgan fingerprint density at radius 2 is 1.52 bits per heavy atom. The summed E-state index contributed by atoms with van der Waals surface area (Å²) in [5.41, 5.74) is 1.95. The van der Waals surface area contributed by atoms with Crippen LogP contribution >= 0.6 is 24.8 Å². The van der Waals surface area contributed by atoms with Gasteiger partial charge < -0.3 is 9.30 Å². The van der Waals surface area contributed by atoms with E-state index in [0.29, 0.717) is 13.2 Å². The summed E-state index contributed by atoms with van der Waals surface area (Å²) in [5, 5.41) is 1.70. The van der Waals surface area contributed by atoms with Gasteiger partial charge in [-0.15, -0.1) is 24.8 Å². The molecule has 0 N–H and O–H groups in total. The standard InChI is InChI=1S/C31H30N4O3.2ClH/c36-30-8-3-4-19-35(30)27-9-11-28(12-10-27)38-23-5-18-33(24-25-13-16-32-17-14-25)21-22-34-20-15-26-6-1-2-7-29(26)31(34)37;;/h1-4,6-17,19-20H,5,18,21-24H2;2*1H. The van der Waals surface area contributed by atoms with Gasteiger partial charge in [-0.3, -0.25) is 24.0 Å². The van der Waals surface area contributed by atoms with Crippen LogP contribution in [0, 0.1) is 0 Å². The van der Waals surface area contributed by atoms with Gasteiger partial charge in [0.05, 0.1) is 6.61 Å². The van der Waals surface area contributed by atoms with Crippen molar-refractivity contribution >= 4 is 35.6 Å². The van der Waals surface area contributed by atoms with Gasteiger partial charge in [0.15, 0.2) is 0 Å². The number of benzene rings is 2. The molecule has 9 heteroatoms. The Morgan fingerprint density at radius 1 is 0.775 bits per heavy atom. The Hall–Kier alpha value is -3.91. The molecule has 0 saturated carbocycles. The summed E-state index contributed by atoms with van der Waals surface area (Å²) in [6.45, 7) is 3.50. The van der Waals surface area contributed by atoms with Crippen molar-refractivity contribution in [3.8, 4) is 11.4 Å². The Labute approximate surface area is 245 Å². The topological polar surface area (TPSA) is 69.4 Å². The number of hydrogen-bond acceptors (Lipinski definition) is 5. The average molecular weight is 580 g/mol. The van der Waals surface area contributed by atoms with E-state index in [2.05, 4.69) is 9.88 Å². The van der Waals surface area contributed by atoms with Crippen molar-refractivity contribution in [1.82, 2.24) is 19.0 Å². The Balaban J connectivity index is 0.00000220. The molecule has 208 valence electrons. The van der Waals surface area contributed by atoms with Crippen LogP contribution in [0.5, 0.6) is 5.75 Å². The largest absolute Gasteiger partial charge is 0.494 e. The predicted octanol–water partition coefficient (Wildman–Crippen LogP) is 5.36. The molecular formula is C31H32Cl2N4O3. The second kappa shape index (κ2) is 15.0. The van der Waals surface area contributed by atoms with Crippen LogP contribution in [-0.2, 0) is 13.1 Å². The van der Waals surface area contributed by atoms with E-state index in [1.165, 1.54) is 5.56 Å². The molecule has 3 aromatic heterocycles. The van der Waals surface area contributed by atoms with Crippen LogP contribution in [-0.4, -0.2) is 38.7 Å². The van der Waals surface area contributed by atoms with E-state index < -0.39 is 0 Å². The van der Waals surface area contributed by atoms with Gasteiger partial charge >= 0.3 is 0 Å². The van der Waals surface area contributed by atoms with Crippen molar-refractivity contribution in [3.05, 3.63) is 136 Å². The molecule has 0 aliphatic carbocycles. The maximum absolute atomic E-state index is 12.9. The molecule has 0 atom stereocenters. The molecule has 3 heterocycles. The first-order valence-corrected chi connectivity index (χ1v) is 12.8. The van der Waals surface area contributed by atoms with Crippen LogP contribution in [0.2, 0.25) is 0 Å². The lowest BCUT2D eigenvalue weighted by Gasteiger charge is -2.23. The fourth-order valence-corrected chi connectivity index (χ4v) is 4.49. The molecule has 0 radical (unpaired) electrons. The Kier molecular flexibility index (Phi) is 11.5. The predicted molar refractivity (Wildman–Crippen MR) is 164 cm³/mol. The van der Waals surface area contributed by atoms with Gasteiger partial charge in [0.1, 0.15) is 5.75 Å². The first-order chi connectivity index (χ1) is 18.7. The normalized spacial score (nSPS) is 10.6. The average Bonchev–Trinajstić information content (AvgIpc) is 2.96. The minimum atomic E-state index is -0.0681. The van der Waals surface area contributed by atoms with Crippen molar-refractivity contribution in [2.75, 3.05) is 19.7 Å². The third-order valence-electron chi connectivity index (χ3n) is 6.52. The molecule has 0 bridgehead atoms. The smallest absolute Gasteiger partial charge is 0.258 e. The van der Waals surface area contributed by atoms with Crippen LogP contribution < -0.4 is 15.9 Å². The summed E-state index contributed by atoms with van der Waals surface area (Å²) in [6.07, 6.45) is 8.07. The number of nitrogens with zero attached hydrogens (tertiary/aromatic N) is 4. The number of hydrogen-bond donors (Lipinski definition) is 0. The fraction of sp³-hybridized carbons (Fsp3) is 0.194. The first kappa shape index (κ1) is 30.6. The quantitative estimate of drug-likeness (QED) is 0.197. The number of fused-ring (bicyclic) bond motifs is 1. The first-order valence-electron chi connectivity index (χ1n) is 12.8. The van der Waals surface area contributed by atoms with E-state index in [9.17, 15) is 9.59 Å². The third-order valence-corrected chi connectivity index (χ3v) is 6.52. The van der Waals surface area contributed by atoms with Crippen molar-refractivity contribution in [2.45, 2.75) is 19.5 Å². The van der Waals surface area contributed by atoms with Gasteiger partial charge in [-0.2, -0.15) is 0 Å². The SMILES string of the molecule is Cl.Cl.O=c1c2ccccc2ccn1CCN(CCCOc1ccc(-n2ccccc2=O)cc1)Cc1ccncc1. The van der Waals surface area contributed by atoms with E-state index >= 15 is 0 Å². The molecule has 5 rings (SSSR count). The highest BCUT2D eigenvalue weighted by Crippen LogP contribution is 2.15. The number of aromatic nitrogens is 3. The highest BCUT2D eigenvalue weighted by Gasteiger charge is 2.09. The van der Waals surface area contributed by atoms with Gasteiger partial charge in [0, 0.05) is 68.1 Å². The molecule has 7 nitrogen and oxygen atoms in total. The van der Waals surface area contributed by atoms with E-state index in [1.807, 2.05) is 79.0 Å². The zero-order valence-corrected chi connectivity index (χ0v) is 23.6. The number of ether oxygens (including phenoxy) is 1. The molecule has 0 amide bonds. The maximum Gasteiger partial charge on any atom is 0.258 e. The molecule has 0 unspecified atom stereocenters. The van der Waals surface area contributed by atoms with Crippen LogP contribution in [0.25, 0.3) is 16.5 Å². The highest BCUT2D eigenvalue weighted by molar-refractivity contribution is 5.85. The number of halogens is 2. The molecule has 0 aliphatic heterocycles. The van der Waals surface area contributed by atoms with Crippen LogP contribution in [0.1, 0.15) is 12.0 Å². The second-order valence-corrected chi connectivity index (χ2v) is 9.14. The summed E-state index contributed by atoms with van der Waals surface area (Å²) in [6, 6.07) is 26.4. The van der Waals surface area contributed by atoms with Crippen molar-refractivity contribution in [2.24, 2.45) is 0 Å². The Bertz CT molecular complexity index is 1610. The van der Waals surface area contributed by atoms with Crippen molar-refractivity contribution in [1.29, 1.82) is 0 Å². The summed E-state index contributed by atoms with van der Waals surface area (Å²) in [7, 11) is 0. The van der Waals surface area contributed by atoms with Crippen molar-refractivity contribution in [3.63, 3.8) is 0 Å². The molecule has 40 heavy (non-hydrogen) atoms. The summed E-state index contributed by atoms with van der Waals surface area (Å²) in [4.78, 5) is 31.4. The molecule has 0 spiro atoms. The number of pyridine rings is 3. The van der Waals surface area contributed by atoms with Crippen LogP contribution in [0.4, 0.5) is 0 Å². The lowest BCUT2D eigenvalue weighted by atomic mass is 10.2. The van der Waals surface area contributed by atoms with Crippen LogP contribution in [0.15, 0.2) is 119 Å². The lowest BCUT2D eigenvalue weighted by Crippen LogP contribution is -2.32. The number of rotatable bonds is 11. The van der Waals surface area contributed by atoms with Crippen LogP contribution in [0.3, 0.4) is 0 Å².